The third-order valence-electron chi connectivity index (χ3n) is 1.91. The molecule has 0 spiro atoms. The molecule has 0 aromatic carbocycles. The smallest absolute Gasteiger partial charge is 0.222 e. The number of hydrogen-bond donors (Lipinski definition) is 3. The fourth-order valence-electron chi connectivity index (χ4n) is 1.03. The molecule has 0 unspecified atom stereocenters. The normalized spacial score (nSPS) is 10.3. The molecule has 0 aliphatic rings. The van der Waals surface area contributed by atoms with Crippen LogP contribution < -0.4 is 16.0 Å². The van der Waals surface area contributed by atoms with E-state index in [0.29, 0.717) is 25.6 Å². The minimum atomic E-state index is 0. The summed E-state index contributed by atoms with van der Waals surface area (Å²) in [7, 11) is 0. The van der Waals surface area contributed by atoms with Crippen LogP contribution in [0.2, 0.25) is 0 Å². The second-order valence-electron chi connectivity index (χ2n) is 3.76. The molecule has 0 radical (unpaired) electrons. The number of nitrogens with one attached hydrogen (secondary N) is 3. The summed E-state index contributed by atoms with van der Waals surface area (Å²) in [5, 5.41) is 8.82. The number of carbonyl (C=O) groups is 1. The van der Waals surface area contributed by atoms with Crippen molar-refractivity contribution in [1.82, 2.24) is 16.0 Å². The number of rotatable bonds is 6. The van der Waals surface area contributed by atoms with Gasteiger partial charge < -0.3 is 16.0 Å². The molecule has 0 saturated heterocycles. The first-order valence-corrected chi connectivity index (χ1v) is 5.85. The van der Waals surface area contributed by atoms with Crippen molar-refractivity contribution in [3.05, 3.63) is 0 Å². The van der Waals surface area contributed by atoms with Crippen LogP contribution in [0, 0.1) is 18.3 Å². The number of guanidine groups is 1. The molecule has 0 bridgehead atoms. The predicted octanol–water partition coefficient (Wildman–Crippen LogP) is 0.565. The van der Waals surface area contributed by atoms with Crippen LogP contribution in [0.5, 0.6) is 0 Å². The Morgan fingerprint density at radius 2 is 2.00 bits per heavy atom. The van der Waals surface area contributed by atoms with Crippen LogP contribution in [0.1, 0.15) is 20.8 Å². The van der Waals surface area contributed by atoms with Crippen LogP contribution in [-0.2, 0) is 4.79 Å². The van der Waals surface area contributed by atoms with Gasteiger partial charge in [0.05, 0.1) is 13.1 Å². The molecule has 0 atom stereocenters. The highest BCUT2D eigenvalue weighted by Gasteiger charge is 2.04. The number of hydrogen-bond acceptors (Lipinski definition) is 2. The number of carbonyl (C=O) groups excluding carboxylic acids is 1. The summed E-state index contributed by atoms with van der Waals surface area (Å²) in [6.45, 7) is 7.96. The van der Waals surface area contributed by atoms with E-state index in [1.807, 2.05) is 20.8 Å². The summed E-state index contributed by atoms with van der Waals surface area (Å²) in [4.78, 5) is 15.5. The van der Waals surface area contributed by atoms with Gasteiger partial charge in [0.15, 0.2) is 5.96 Å². The standard InChI is InChI=1S/C12H22N4O.HI/c1-5-7-15-12(13-6-2)16-9-8-14-11(17)10(3)4;/h1,10H,6-9H2,2-4H3,(H,14,17)(H2,13,15,16);1H. The minimum Gasteiger partial charge on any atom is -0.357 e. The van der Waals surface area contributed by atoms with Gasteiger partial charge in [0, 0.05) is 19.0 Å². The van der Waals surface area contributed by atoms with Gasteiger partial charge in [0.2, 0.25) is 5.91 Å². The van der Waals surface area contributed by atoms with Crippen molar-refractivity contribution in [2.45, 2.75) is 20.8 Å². The molecule has 0 saturated carbocycles. The highest BCUT2D eigenvalue weighted by Crippen LogP contribution is 1.89. The van der Waals surface area contributed by atoms with E-state index in [1.54, 1.807) is 0 Å². The SMILES string of the molecule is C#CCNC(=NCCNC(=O)C(C)C)NCC.I. The van der Waals surface area contributed by atoms with Crippen molar-refractivity contribution in [1.29, 1.82) is 0 Å². The van der Waals surface area contributed by atoms with E-state index in [-0.39, 0.29) is 35.8 Å². The molecule has 0 aromatic heterocycles. The molecule has 5 nitrogen and oxygen atoms in total. The molecule has 3 N–H and O–H groups in total. The van der Waals surface area contributed by atoms with Gasteiger partial charge in [0.25, 0.3) is 0 Å². The van der Waals surface area contributed by atoms with E-state index in [4.69, 9.17) is 6.42 Å². The topological polar surface area (TPSA) is 65.5 Å². The molecule has 0 aromatic rings. The summed E-state index contributed by atoms with van der Waals surface area (Å²) >= 11 is 0. The molecule has 0 heterocycles. The van der Waals surface area contributed by atoms with Gasteiger partial charge >= 0.3 is 0 Å². The minimum absolute atomic E-state index is 0. The third-order valence-corrected chi connectivity index (χ3v) is 1.91. The second kappa shape index (κ2) is 12.5. The van der Waals surface area contributed by atoms with Gasteiger partial charge in [-0.15, -0.1) is 30.4 Å². The Bertz CT molecular complexity index is 297. The van der Waals surface area contributed by atoms with E-state index in [0.717, 1.165) is 6.54 Å². The fourth-order valence-corrected chi connectivity index (χ4v) is 1.03. The van der Waals surface area contributed by atoms with Crippen molar-refractivity contribution in [2.75, 3.05) is 26.2 Å². The monoisotopic (exact) mass is 366 g/mol. The van der Waals surface area contributed by atoms with E-state index >= 15 is 0 Å². The highest BCUT2D eigenvalue weighted by molar-refractivity contribution is 14.0. The summed E-state index contributed by atoms with van der Waals surface area (Å²) in [5.41, 5.74) is 0. The summed E-state index contributed by atoms with van der Waals surface area (Å²) < 4.78 is 0. The molecule has 104 valence electrons. The average Bonchev–Trinajstić information content (AvgIpc) is 2.30. The van der Waals surface area contributed by atoms with Gasteiger partial charge in [0.1, 0.15) is 0 Å². The summed E-state index contributed by atoms with van der Waals surface area (Å²) in [5.74, 6) is 3.20. The quantitative estimate of drug-likeness (QED) is 0.212. The average molecular weight is 366 g/mol. The van der Waals surface area contributed by atoms with E-state index < -0.39 is 0 Å². The van der Waals surface area contributed by atoms with Crippen LogP contribution in [0.25, 0.3) is 0 Å². The molecular weight excluding hydrogens is 343 g/mol. The maximum Gasteiger partial charge on any atom is 0.222 e. The lowest BCUT2D eigenvalue weighted by molar-refractivity contribution is -0.123. The molecule has 18 heavy (non-hydrogen) atoms. The molecule has 0 fully saturated rings. The van der Waals surface area contributed by atoms with Crippen LogP contribution in [0.15, 0.2) is 4.99 Å². The van der Waals surface area contributed by atoms with Gasteiger partial charge in [-0.05, 0) is 6.92 Å². The Morgan fingerprint density at radius 1 is 1.33 bits per heavy atom. The van der Waals surface area contributed by atoms with Crippen molar-refractivity contribution < 1.29 is 4.79 Å². The van der Waals surface area contributed by atoms with Gasteiger partial charge in [-0.25, -0.2) is 0 Å². The lowest BCUT2D eigenvalue weighted by Crippen LogP contribution is -2.38. The number of halogens is 1. The van der Waals surface area contributed by atoms with Crippen molar-refractivity contribution in [3.63, 3.8) is 0 Å². The maximum absolute atomic E-state index is 11.3. The van der Waals surface area contributed by atoms with E-state index in [2.05, 4.69) is 26.9 Å². The fraction of sp³-hybridized carbons (Fsp3) is 0.667. The summed E-state index contributed by atoms with van der Waals surface area (Å²) in [6.07, 6.45) is 5.15. The Morgan fingerprint density at radius 3 is 2.50 bits per heavy atom. The summed E-state index contributed by atoms with van der Waals surface area (Å²) in [6, 6.07) is 0. The lowest BCUT2D eigenvalue weighted by Gasteiger charge is -2.09. The first kappa shape index (κ1) is 19.4. The molecule has 0 aliphatic heterocycles. The van der Waals surface area contributed by atoms with Crippen molar-refractivity contribution in [3.8, 4) is 12.3 Å². The Hall–Kier alpha value is -0.970. The lowest BCUT2D eigenvalue weighted by atomic mass is 10.2. The third kappa shape index (κ3) is 10.2. The number of amides is 1. The highest BCUT2D eigenvalue weighted by atomic mass is 127. The first-order valence-electron chi connectivity index (χ1n) is 5.85. The Balaban J connectivity index is 0. The van der Waals surface area contributed by atoms with E-state index in [1.165, 1.54) is 0 Å². The molecular formula is C12H23IN4O. The van der Waals surface area contributed by atoms with E-state index in [9.17, 15) is 4.79 Å². The van der Waals surface area contributed by atoms with Gasteiger partial charge in [-0.3, -0.25) is 9.79 Å². The number of terminal acetylenes is 1. The van der Waals surface area contributed by atoms with Gasteiger partial charge in [-0.2, -0.15) is 0 Å². The second-order valence-corrected chi connectivity index (χ2v) is 3.76. The molecule has 0 aliphatic carbocycles. The van der Waals surface area contributed by atoms with Crippen molar-refractivity contribution >= 4 is 35.8 Å². The maximum atomic E-state index is 11.3. The van der Waals surface area contributed by atoms with Gasteiger partial charge in [-0.1, -0.05) is 19.8 Å². The zero-order chi connectivity index (χ0) is 13.1. The molecule has 1 amide bonds. The number of nitrogens with zero attached hydrogens (tertiary/aromatic N) is 1. The van der Waals surface area contributed by atoms with Crippen LogP contribution in [0.3, 0.4) is 0 Å². The van der Waals surface area contributed by atoms with Crippen molar-refractivity contribution in [2.24, 2.45) is 10.9 Å². The zero-order valence-electron chi connectivity index (χ0n) is 11.2. The van der Waals surface area contributed by atoms with Crippen LogP contribution in [-0.4, -0.2) is 38.0 Å². The molecule has 0 rings (SSSR count). The van der Waals surface area contributed by atoms with Crippen LogP contribution >= 0.6 is 24.0 Å². The molecule has 6 heteroatoms. The Kier molecular flexibility index (Phi) is 13.4. The van der Waals surface area contributed by atoms with Crippen LogP contribution in [0.4, 0.5) is 0 Å². The zero-order valence-corrected chi connectivity index (χ0v) is 13.6. The first-order chi connectivity index (χ1) is 8.11. The predicted molar refractivity (Wildman–Crippen MR) is 86.1 cm³/mol. The largest absolute Gasteiger partial charge is 0.357 e. The number of aliphatic imine (C=N–C) groups is 1. The Labute approximate surface area is 127 Å².